The molecule has 0 aliphatic rings. The maximum atomic E-state index is 12.2. The van der Waals surface area contributed by atoms with Gasteiger partial charge in [-0.2, -0.15) is 0 Å². The molecule has 1 amide bonds. The normalized spacial score (nSPS) is 10.4. The predicted molar refractivity (Wildman–Crippen MR) is 98.7 cm³/mol. The van der Waals surface area contributed by atoms with Gasteiger partial charge in [0.15, 0.2) is 0 Å². The van der Waals surface area contributed by atoms with Crippen LogP contribution in [0.3, 0.4) is 0 Å². The Kier molecular flexibility index (Phi) is 4.70. The number of hydrogen-bond donors (Lipinski definition) is 2. The van der Waals surface area contributed by atoms with Gasteiger partial charge in [0, 0.05) is 24.4 Å². The maximum Gasteiger partial charge on any atom is 0.328 e. The third kappa shape index (κ3) is 3.41. The van der Waals surface area contributed by atoms with Crippen LogP contribution in [0.2, 0.25) is 0 Å². The van der Waals surface area contributed by atoms with E-state index in [1.807, 2.05) is 36.4 Å². The Morgan fingerprint density at radius 1 is 1.08 bits per heavy atom. The van der Waals surface area contributed by atoms with Crippen molar-refractivity contribution < 1.29 is 9.53 Å². The van der Waals surface area contributed by atoms with E-state index in [0.29, 0.717) is 5.69 Å². The van der Waals surface area contributed by atoms with E-state index in [0.717, 1.165) is 27.5 Å². The van der Waals surface area contributed by atoms with Gasteiger partial charge in [-0.15, -0.1) is 0 Å². The quantitative estimate of drug-likeness (QED) is 0.752. The topological polar surface area (TPSA) is 93.2 Å². The van der Waals surface area contributed by atoms with E-state index in [2.05, 4.69) is 10.3 Å². The van der Waals surface area contributed by atoms with Crippen LogP contribution in [0.1, 0.15) is 10.5 Å². The minimum atomic E-state index is -0.644. The summed E-state index contributed by atoms with van der Waals surface area (Å²) in [5.41, 5.74) is 1.12. The summed E-state index contributed by atoms with van der Waals surface area (Å²) in [4.78, 5) is 37.8. The Balaban J connectivity index is 1.82. The van der Waals surface area contributed by atoms with Crippen molar-refractivity contribution in [2.24, 2.45) is 7.05 Å². The fourth-order valence-corrected chi connectivity index (χ4v) is 2.49. The van der Waals surface area contributed by atoms with Gasteiger partial charge >= 0.3 is 5.69 Å². The molecule has 0 aliphatic carbocycles. The van der Waals surface area contributed by atoms with Gasteiger partial charge in [0.25, 0.3) is 11.5 Å². The van der Waals surface area contributed by atoms with Gasteiger partial charge in [0.2, 0.25) is 0 Å². The minimum Gasteiger partial charge on any atom is -0.496 e. The molecule has 2 N–H and O–H groups in total. The number of anilines is 1. The molecule has 3 aromatic rings. The monoisotopic (exact) mass is 351 g/mol. The number of para-hydroxylation sites is 1. The highest BCUT2D eigenvalue weighted by Gasteiger charge is 2.11. The summed E-state index contributed by atoms with van der Waals surface area (Å²) in [7, 11) is 2.94. The second-order valence-corrected chi connectivity index (χ2v) is 5.62. The van der Waals surface area contributed by atoms with Crippen molar-refractivity contribution in [3.8, 4) is 16.9 Å². The Hall–Kier alpha value is -3.61. The molecular weight excluding hydrogens is 334 g/mol. The number of carbonyl (C=O) groups is 1. The average Bonchev–Trinajstić information content (AvgIpc) is 2.66. The highest BCUT2D eigenvalue weighted by molar-refractivity contribution is 6.02. The molecule has 0 saturated carbocycles. The van der Waals surface area contributed by atoms with Gasteiger partial charge in [0.1, 0.15) is 11.4 Å². The molecule has 0 radical (unpaired) electrons. The molecule has 132 valence electrons. The van der Waals surface area contributed by atoms with Gasteiger partial charge in [-0.3, -0.25) is 14.2 Å². The number of rotatable bonds is 4. The standard InChI is InChI=1S/C19H17N3O4/c1-22-17(23)11-15(21-19(22)25)18(24)20-13-9-7-12(8-10-13)14-5-3-4-6-16(14)26-2/h3-11H,1-2H3,(H,20,24)(H,21,25). The predicted octanol–water partition coefficient (Wildman–Crippen LogP) is 2.00. The molecule has 3 rings (SSSR count). The highest BCUT2D eigenvalue weighted by Crippen LogP contribution is 2.30. The van der Waals surface area contributed by atoms with Crippen molar-refractivity contribution in [1.82, 2.24) is 9.55 Å². The van der Waals surface area contributed by atoms with Crippen molar-refractivity contribution in [2.75, 3.05) is 12.4 Å². The van der Waals surface area contributed by atoms with Crippen LogP contribution in [0.15, 0.2) is 64.2 Å². The van der Waals surface area contributed by atoms with Gasteiger partial charge in [-0.05, 0) is 23.8 Å². The number of nitrogens with zero attached hydrogens (tertiary/aromatic N) is 1. The van der Waals surface area contributed by atoms with Gasteiger partial charge < -0.3 is 15.0 Å². The van der Waals surface area contributed by atoms with Crippen molar-refractivity contribution in [3.63, 3.8) is 0 Å². The van der Waals surface area contributed by atoms with Crippen LogP contribution in [0, 0.1) is 0 Å². The second-order valence-electron chi connectivity index (χ2n) is 5.62. The number of H-pyrrole nitrogens is 1. The van der Waals surface area contributed by atoms with Crippen LogP contribution in [0.5, 0.6) is 5.75 Å². The lowest BCUT2D eigenvalue weighted by Crippen LogP contribution is -2.34. The van der Waals surface area contributed by atoms with Crippen LogP contribution in [0.4, 0.5) is 5.69 Å². The Bertz CT molecular complexity index is 1030. The van der Waals surface area contributed by atoms with E-state index in [9.17, 15) is 14.4 Å². The van der Waals surface area contributed by atoms with Crippen molar-refractivity contribution in [1.29, 1.82) is 0 Å². The largest absolute Gasteiger partial charge is 0.496 e. The molecule has 2 aromatic carbocycles. The first-order valence-electron chi connectivity index (χ1n) is 7.85. The molecule has 0 spiro atoms. The average molecular weight is 351 g/mol. The lowest BCUT2D eigenvalue weighted by Gasteiger charge is -2.10. The number of ether oxygens (including phenoxy) is 1. The van der Waals surface area contributed by atoms with Crippen molar-refractivity contribution in [2.45, 2.75) is 0 Å². The number of aromatic amines is 1. The number of carbonyl (C=O) groups excluding carboxylic acids is 1. The van der Waals surface area contributed by atoms with E-state index < -0.39 is 17.2 Å². The van der Waals surface area contributed by atoms with E-state index >= 15 is 0 Å². The van der Waals surface area contributed by atoms with Crippen LogP contribution in [-0.2, 0) is 7.05 Å². The van der Waals surface area contributed by atoms with E-state index in [1.54, 1.807) is 19.2 Å². The zero-order chi connectivity index (χ0) is 18.7. The fourth-order valence-electron chi connectivity index (χ4n) is 2.49. The number of benzene rings is 2. The molecule has 1 aromatic heterocycles. The number of aromatic nitrogens is 2. The Labute approximate surface area is 148 Å². The molecule has 0 aliphatic heterocycles. The summed E-state index contributed by atoms with van der Waals surface area (Å²) < 4.78 is 6.24. The van der Waals surface area contributed by atoms with Crippen LogP contribution in [-0.4, -0.2) is 22.6 Å². The number of amides is 1. The summed E-state index contributed by atoms with van der Waals surface area (Å²) in [6, 6.07) is 15.9. The van der Waals surface area contributed by atoms with Crippen LogP contribution in [0.25, 0.3) is 11.1 Å². The first-order valence-corrected chi connectivity index (χ1v) is 7.85. The molecule has 7 nitrogen and oxygen atoms in total. The molecule has 1 heterocycles. The summed E-state index contributed by atoms with van der Waals surface area (Å²) in [5, 5.41) is 2.65. The van der Waals surface area contributed by atoms with Gasteiger partial charge in [-0.25, -0.2) is 4.79 Å². The zero-order valence-electron chi connectivity index (χ0n) is 14.3. The summed E-state index contributed by atoms with van der Waals surface area (Å²) in [5.74, 6) is 0.187. The van der Waals surface area contributed by atoms with E-state index in [4.69, 9.17) is 4.74 Å². The summed E-state index contributed by atoms with van der Waals surface area (Å²) in [6.45, 7) is 0. The lowest BCUT2D eigenvalue weighted by atomic mass is 10.0. The number of methoxy groups -OCH3 is 1. The number of hydrogen-bond acceptors (Lipinski definition) is 4. The Morgan fingerprint density at radius 3 is 2.42 bits per heavy atom. The van der Waals surface area contributed by atoms with Crippen molar-refractivity contribution >= 4 is 11.6 Å². The molecule has 0 atom stereocenters. The molecule has 26 heavy (non-hydrogen) atoms. The van der Waals surface area contributed by atoms with E-state index in [-0.39, 0.29) is 5.69 Å². The third-order valence-electron chi connectivity index (χ3n) is 3.95. The molecular formula is C19H17N3O4. The second kappa shape index (κ2) is 7.10. The van der Waals surface area contributed by atoms with Gasteiger partial charge in [-0.1, -0.05) is 30.3 Å². The van der Waals surface area contributed by atoms with Crippen LogP contribution >= 0.6 is 0 Å². The lowest BCUT2D eigenvalue weighted by molar-refractivity contribution is 0.102. The molecule has 0 bridgehead atoms. The van der Waals surface area contributed by atoms with Crippen LogP contribution < -0.4 is 21.3 Å². The summed E-state index contributed by atoms with van der Waals surface area (Å²) >= 11 is 0. The minimum absolute atomic E-state index is 0.0908. The molecule has 0 saturated heterocycles. The third-order valence-corrected chi connectivity index (χ3v) is 3.95. The SMILES string of the molecule is COc1ccccc1-c1ccc(NC(=O)c2cc(=O)n(C)c(=O)[nH]2)cc1. The highest BCUT2D eigenvalue weighted by atomic mass is 16.5. The van der Waals surface area contributed by atoms with Gasteiger partial charge in [0.05, 0.1) is 7.11 Å². The first-order chi connectivity index (χ1) is 12.5. The molecule has 0 unspecified atom stereocenters. The summed E-state index contributed by atoms with van der Waals surface area (Å²) in [6.07, 6.45) is 0. The molecule has 0 fully saturated rings. The smallest absolute Gasteiger partial charge is 0.328 e. The zero-order valence-corrected chi connectivity index (χ0v) is 14.3. The number of nitrogens with one attached hydrogen (secondary N) is 2. The Morgan fingerprint density at radius 2 is 1.77 bits per heavy atom. The maximum absolute atomic E-state index is 12.2. The molecule has 7 heteroatoms. The first kappa shape index (κ1) is 17.2. The van der Waals surface area contributed by atoms with E-state index in [1.165, 1.54) is 7.05 Å². The fraction of sp³-hybridized carbons (Fsp3) is 0.105. The van der Waals surface area contributed by atoms with Crippen molar-refractivity contribution in [3.05, 3.63) is 81.1 Å².